The fourth-order valence-electron chi connectivity index (χ4n) is 4.57. The van der Waals surface area contributed by atoms with Gasteiger partial charge in [-0.3, -0.25) is 4.79 Å². The van der Waals surface area contributed by atoms with Gasteiger partial charge in [-0.2, -0.15) is 0 Å². The van der Waals surface area contributed by atoms with Crippen molar-refractivity contribution in [3.05, 3.63) is 106 Å². The average Bonchev–Trinajstić information content (AvgIpc) is 2.92. The molecule has 0 radical (unpaired) electrons. The minimum absolute atomic E-state index is 0.0106. The molecule has 0 fully saturated rings. The van der Waals surface area contributed by atoms with Crippen molar-refractivity contribution in [1.82, 2.24) is 15.6 Å². The molecule has 7 nitrogen and oxygen atoms in total. The van der Waals surface area contributed by atoms with Crippen LogP contribution in [-0.4, -0.2) is 41.9 Å². The maximum atomic E-state index is 11.6. The van der Waals surface area contributed by atoms with Gasteiger partial charge in [0.15, 0.2) is 0 Å². The lowest BCUT2D eigenvalue weighted by Gasteiger charge is -2.18. The molecule has 4 aromatic rings. The normalized spacial score (nSPS) is 12.9. The van der Waals surface area contributed by atoms with Crippen LogP contribution in [0.3, 0.4) is 0 Å². The first-order chi connectivity index (χ1) is 18.1. The first-order valence-corrected chi connectivity index (χ1v) is 12.8. The monoisotopic (exact) mass is 501 g/mol. The number of hydrogen-bond acceptors (Lipinski definition) is 6. The summed E-state index contributed by atoms with van der Waals surface area (Å²) in [5, 5.41) is 28.0. The zero-order valence-corrected chi connectivity index (χ0v) is 21.1. The molecule has 1 aromatic heterocycles. The molecule has 4 rings (SSSR count). The second kappa shape index (κ2) is 13.1. The Balaban J connectivity index is 1.17. The van der Waals surface area contributed by atoms with Crippen molar-refractivity contribution >= 4 is 10.9 Å². The van der Waals surface area contributed by atoms with Gasteiger partial charge in [-0.25, -0.2) is 0 Å². The van der Waals surface area contributed by atoms with Crippen LogP contribution < -0.4 is 20.9 Å². The first-order valence-electron chi connectivity index (χ1n) is 12.8. The number of fused-ring (bicyclic) bond motifs is 1. The molecule has 0 saturated heterocycles. The molecule has 37 heavy (non-hydrogen) atoms. The summed E-state index contributed by atoms with van der Waals surface area (Å²) >= 11 is 0. The lowest BCUT2D eigenvalue weighted by atomic mass is 9.99. The number of ether oxygens (including phenoxy) is 1. The fraction of sp³-hybridized carbons (Fsp3) is 0.300. The number of aromatic amines is 1. The quantitative estimate of drug-likeness (QED) is 0.174. The zero-order valence-electron chi connectivity index (χ0n) is 21.1. The van der Waals surface area contributed by atoms with Gasteiger partial charge in [0.1, 0.15) is 11.5 Å². The van der Waals surface area contributed by atoms with Gasteiger partial charge in [0.2, 0.25) is 5.56 Å². The van der Waals surface area contributed by atoms with E-state index in [1.165, 1.54) is 23.3 Å². The Bertz CT molecular complexity index is 1340. The molecular weight excluding hydrogens is 466 g/mol. The van der Waals surface area contributed by atoms with Crippen LogP contribution in [0.25, 0.3) is 10.9 Å². The molecule has 0 amide bonds. The molecule has 0 bridgehead atoms. The Labute approximate surface area is 217 Å². The molecule has 194 valence electrons. The van der Waals surface area contributed by atoms with Crippen molar-refractivity contribution in [2.24, 2.45) is 0 Å². The van der Waals surface area contributed by atoms with Crippen LogP contribution in [-0.2, 0) is 0 Å². The predicted molar refractivity (Wildman–Crippen MR) is 147 cm³/mol. The van der Waals surface area contributed by atoms with Crippen LogP contribution in [0.2, 0.25) is 0 Å². The van der Waals surface area contributed by atoms with E-state index < -0.39 is 6.10 Å². The van der Waals surface area contributed by atoms with Crippen LogP contribution in [0.15, 0.2) is 83.7 Å². The Morgan fingerprint density at radius 1 is 0.919 bits per heavy atom. The molecule has 2 unspecified atom stereocenters. The van der Waals surface area contributed by atoms with Crippen LogP contribution in [0.4, 0.5) is 0 Å². The molecule has 0 aliphatic carbocycles. The van der Waals surface area contributed by atoms with Gasteiger partial charge < -0.3 is 30.6 Å². The van der Waals surface area contributed by atoms with E-state index in [1.807, 2.05) is 37.4 Å². The summed E-state index contributed by atoms with van der Waals surface area (Å²) in [7, 11) is 1.97. The van der Waals surface area contributed by atoms with Crippen LogP contribution in [0.1, 0.15) is 48.1 Å². The van der Waals surface area contributed by atoms with Gasteiger partial charge in [0.05, 0.1) is 24.3 Å². The maximum absolute atomic E-state index is 11.6. The van der Waals surface area contributed by atoms with Crippen molar-refractivity contribution in [2.75, 3.05) is 26.7 Å². The van der Waals surface area contributed by atoms with Crippen LogP contribution in [0.5, 0.6) is 11.5 Å². The second-order valence-corrected chi connectivity index (χ2v) is 9.12. The number of nitrogens with one attached hydrogen (secondary N) is 3. The standard InChI is InChI=1S/C30H35N3O4/c1-31-29(21-9-4-2-5-10-21)22-11-8-12-23(19-22)37-18-7-3-6-17-32-20-27(35)24-13-15-26(34)30-25(24)14-16-28(36)33-30/h2,4-5,8-16,19,27,29,31-32,34-35H,3,6-7,17-18,20H2,1H3,(H,33,36). The molecule has 5 N–H and O–H groups in total. The third kappa shape index (κ3) is 6.98. The van der Waals surface area contributed by atoms with Gasteiger partial charge in [0.25, 0.3) is 0 Å². The summed E-state index contributed by atoms with van der Waals surface area (Å²) in [6.07, 6.45) is 2.17. The van der Waals surface area contributed by atoms with Gasteiger partial charge in [0, 0.05) is 18.0 Å². The van der Waals surface area contributed by atoms with E-state index in [0.717, 1.165) is 31.6 Å². The highest BCUT2D eigenvalue weighted by molar-refractivity contribution is 5.87. The molecule has 0 aliphatic heterocycles. The number of pyridine rings is 1. The summed E-state index contributed by atoms with van der Waals surface area (Å²) in [5.41, 5.74) is 3.10. The maximum Gasteiger partial charge on any atom is 0.248 e. The molecule has 1 heterocycles. The number of benzene rings is 3. The lowest BCUT2D eigenvalue weighted by molar-refractivity contribution is 0.176. The summed E-state index contributed by atoms with van der Waals surface area (Å²) in [4.78, 5) is 14.2. The van der Waals surface area contributed by atoms with E-state index in [-0.39, 0.29) is 17.4 Å². The zero-order chi connectivity index (χ0) is 26.0. The van der Waals surface area contributed by atoms with E-state index >= 15 is 0 Å². The number of aliphatic hydroxyl groups excluding tert-OH is 1. The number of phenols is 1. The largest absolute Gasteiger partial charge is 0.506 e. The van der Waals surface area contributed by atoms with Crippen molar-refractivity contribution in [3.8, 4) is 11.5 Å². The topological polar surface area (TPSA) is 107 Å². The number of aromatic hydroxyl groups is 1. The van der Waals surface area contributed by atoms with Gasteiger partial charge in [-0.05, 0) is 73.8 Å². The highest BCUT2D eigenvalue weighted by atomic mass is 16.5. The third-order valence-electron chi connectivity index (χ3n) is 6.48. The summed E-state index contributed by atoms with van der Waals surface area (Å²) < 4.78 is 6.00. The van der Waals surface area contributed by atoms with Gasteiger partial charge in [-0.1, -0.05) is 48.5 Å². The predicted octanol–water partition coefficient (Wildman–Crippen LogP) is 4.41. The highest BCUT2D eigenvalue weighted by Crippen LogP contribution is 2.28. The van der Waals surface area contributed by atoms with E-state index in [2.05, 4.69) is 39.9 Å². The first kappa shape index (κ1) is 26.4. The minimum atomic E-state index is -0.748. The molecule has 0 saturated carbocycles. The molecular formula is C30H35N3O4. The number of hydrogen-bond donors (Lipinski definition) is 5. The molecule has 2 atom stereocenters. The Hall–Kier alpha value is -3.65. The van der Waals surface area contributed by atoms with E-state index in [9.17, 15) is 15.0 Å². The van der Waals surface area contributed by atoms with Crippen LogP contribution in [0, 0.1) is 0 Å². The molecule has 7 heteroatoms. The number of rotatable bonds is 13. The Morgan fingerprint density at radius 2 is 1.73 bits per heavy atom. The number of aliphatic hydroxyl groups is 1. The lowest BCUT2D eigenvalue weighted by Crippen LogP contribution is -2.23. The minimum Gasteiger partial charge on any atom is -0.506 e. The fourth-order valence-corrected chi connectivity index (χ4v) is 4.57. The average molecular weight is 502 g/mol. The molecule has 0 spiro atoms. The number of H-pyrrole nitrogens is 1. The van der Waals surface area contributed by atoms with Gasteiger partial charge in [-0.15, -0.1) is 0 Å². The van der Waals surface area contributed by atoms with Crippen molar-refractivity contribution < 1.29 is 14.9 Å². The van der Waals surface area contributed by atoms with Crippen LogP contribution >= 0.6 is 0 Å². The summed E-state index contributed by atoms with van der Waals surface area (Å²) in [5.74, 6) is 0.862. The SMILES string of the molecule is CNC(c1ccccc1)c1cccc(OCCCCCNCC(O)c2ccc(O)c3[nH]c(=O)ccc23)c1. The van der Waals surface area contributed by atoms with Crippen molar-refractivity contribution in [1.29, 1.82) is 0 Å². The van der Waals surface area contributed by atoms with Crippen molar-refractivity contribution in [2.45, 2.75) is 31.4 Å². The third-order valence-corrected chi connectivity index (χ3v) is 6.48. The molecule has 0 aliphatic rings. The number of aromatic nitrogens is 1. The number of phenolic OH excluding ortho intramolecular Hbond substituents is 1. The van der Waals surface area contributed by atoms with Gasteiger partial charge >= 0.3 is 0 Å². The highest BCUT2D eigenvalue weighted by Gasteiger charge is 2.14. The Morgan fingerprint density at radius 3 is 2.54 bits per heavy atom. The summed E-state index contributed by atoms with van der Waals surface area (Å²) in [6, 6.07) is 24.9. The van der Waals surface area contributed by atoms with Crippen molar-refractivity contribution in [3.63, 3.8) is 0 Å². The van der Waals surface area contributed by atoms with E-state index in [0.29, 0.717) is 29.6 Å². The molecule has 3 aromatic carbocycles. The van der Waals surface area contributed by atoms with E-state index in [4.69, 9.17) is 4.74 Å². The summed E-state index contributed by atoms with van der Waals surface area (Å²) in [6.45, 7) is 1.82. The number of unbranched alkanes of at least 4 members (excludes halogenated alkanes) is 2. The van der Waals surface area contributed by atoms with E-state index in [1.54, 1.807) is 12.1 Å². The second-order valence-electron chi connectivity index (χ2n) is 9.12. The Kier molecular flexibility index (Phi) is 9.32. The smallest absolute Gasteiger partial charge is 0.248 e.